The number of carbonyl (C=O) groups excluding carboxylic acids is 1. The Kier molecular flexibility index (Phi) is 4.27. The summed E-state index contributed by atoms with van der Waals surface area (Å²) in [7, 11) is 0. The average Bonchev–Trinajstić information content (AvgIpc) is 2.79. The number of thiophene rings is 1. The third-order valence-electron chi connectivity index (χ3n) is 2.48. The summed E-state index contributed by atoms with van der Waals surface area (Å²) in [5, 5.41) is 11.3. The van der Waals surface area contributed by atoms with Crippen LogP contribution in [0.3, 0.4) is 0 Å². The van der Waals surface area contributed by atoms with Gasteiger partial charge in [-0.2, -0.15) is 0 Å². The zero-order valence-corrected chi connectivity index (χ0v) is 11.5. The van der Waals surface area contributed by atoms with Crippen LogP contribution < -0.4 is 5.32 Å². The molecule has 0 bridgehead atoms. The maximum absolute atomic E-state index is 12.0. The molecule has 2 heterocycles. The molecular weight excluding hydrogens is 276 g/mol. The third kappa shape index (κ3) is 3.52. The van der Waals surface area contributed by atoms with E-state index in [1.54, 1.807) is 30.6 Å². The van der Waals surface area contributed by atoms with Gasteiger partial charge in [0.25, 0.3) is 5.91 Å². The Morgan fingerprint density at radius 2 is 2.25 bits per heavy atom. The monoisotopic (exact) mass is 288 g/mol. The lowest BCUT2D eigenvalue weighted by molar-refractivity contribution is -0.131. The smallest absolute Gasteiger partial charge is 0.328 e. The lowest BCUT2D eigenvalue weighted by atomic mass is 10.2. The highest BCUT2D eigenvalue weighted by Crippen LogP contribution is 2.24. The van der Waals surface area contributed by atoms with Crippen molar-refractivity contribution in [3.8, 4) is 0 Å². The number of hydrogen-bond acceptors (Lipinski definition) is 4. The fourth-order valence-electron chi connectivity index (χ4n) is 1.55. The number of anilines is 1. The van der Waals surface area contributed by atoms with E-state index in [1.807, 2.05) is 6.92 Å². The summed E-state index contributed by atoms with van der Waals surface area (Å²) < 4.78 is 0. The first-order valence-electron chi connectivity index (χ1n) is 5.79. The number of carbonyl (C=O) groups is 2. The van der Waals surface area contributed by atoms with E-state index in [0.717, 1.165) is 16.5 Å². The van der Waals surface area contributed by atoms with Crippen molar-refractivity contribution in [3.63, 3.8) is 0 Å². The van der Waals surface area contributed by atoms with Crippen LogP contribution in [0.15, 0.2) is 36.7 Å². The van der Waals surface area contributed by atoms with Gasteiger partial charge < -0.3 is 10.4 Å². The number of rotatable bonds is 4. The molecule has 5 nitrogen and oxygen atoms in total. The third-order valence-corrected chi connectivity index (χ3v) is 3.68. The number of pyridine rings is 1. The van der Waals surface area contributed by atoms with E-state index in [-0.39, 0.29) is 5.91 Å². The number of aryl methyl sites for hydroxylation is 1. The van der Waals surface area contributed by atoms with Gasteiger partial charge in [0.2, 0.25) is 0 Å². The van der Waals surface area contributed by atoms with E-state index in [0.29, 0.717) is 10.6 Å². The number of aliphatic carboxylic acids is 1. The Labute approximate surface area is 119 Å². The molecule has 0 atom stereocenters. The van der Waals surface area contributed by atoms with Crippen molar-refractivity contribution in [2.24, 2.45) is 0 Å². The Balaban J connectivity index is 2.15. The quantitative estimate of drug-likeness (QED) is 0.848. The van der Waals surface area contributed by atoms with Crippen molar-refractivity contribution in [1.82, 2.24) is 4.98 Å². The fourth-order valence-corrected chi connectivity index (χ4v) is 2.52. The minimum absolute atomic E-state index is 0.235. The topological polar surface area (TPSA) is 79.3 Å². The highest BCUT2D eigenvalue weighted by atomic mass is 32.1. The summed E-state index contributed by atoms with van der Waals surface area (Å²) in [6.45, 7) is 1.83. The molecule has 0 unspecified atom stereocenters. The molecule has 2 N–H and O–H groups in total. The molecular formula is C14H12N2O3S. The summed E-state index contributed by atoms with van der Waals surface area (Å²) in [6, 6.07) is 5.21. The standard InChI is InChI=1S/C14H12N2O3S/c1-9-7-12(20-11(9)4-5-13(17)18)14(19)16-10-3-2-6-15-8-10/h2-8H,1H3,(H,16,19)(H,17,18)/b5-4+. The van der Waals surface area contributed by atoms with E-state index >= 15 is 0 Å². The summed E-state index contributed by atoms with van der Waals surface area (Å²) in [5.74, 6) is -1.25. The van der Waals surface area contributed by atoms with Gasteiger partial charge in [-0.05, 0) is 36.8 Å². The van der Waals surface area contributed by atoms with Gasteiger partial charge in [-0.15, -0.1) is 11.3 Å². The van der Waals surface area contributed by atoms with Gasteiger partial charge in [0, 0.05) is 17.2 Å². The normalized spacial score (nSPS) is 10.7. The second-order valence-electron chi connectivity index (χ2n) is 4.03. The van der Waals surface area contributed by atoms with E-state index in [9.17, 15) is 9.59 Å². The summed E-state index contributed by atoms with van der Waals surface area (Å²) >= 11 is 1.25. The predicted octanol–water partition coefficient (Wildman–Crippen LogP) is 2.80. The molecule has 2 aromatic rings. The van der Waals surface area contributed by atoms with Crippen LogP contribution in [-0.4, -0.2) is 22.0 Å². The first kappa shape index (κ1) is 14.0. The first-order valence-corrected chi connectivity index (χ1v) is 6.61. The maximum Gasteiger partial charge on any atom is 0.328 e. The molecule has 2 rings (SSSR count). The minimum atomic E-state index is -1.01. The number of amides is 1. The first-order chi connectivity index (χ1) is 9.56. The Bertz CT molecular complexity index is 662. The van der Waals surface area contributed by atoms with E-state index < -0.39 is 5.97 Å². The molecule has 102 valence electrons. The van der Waals surface area contributed by atoms with Crippen LogP contribution in [0.1, 0.15) is 20.1 Å². The Morgan fingerprint density at radius 1 is 1.45 bits per heavy atom. The Hall–Kier alpha value is -2.47. The molecule has 0 aliphatic rings. The van der Waals surface area contributed by atoms with E-state index in [1.165, 1.54) is 17.4 Å². The molecule has 2 aromatic heterocycles. The van der Waals surface area contributed by atoms with Crippen molar-refractivity contribution < 1.29 is 14.7 Å². The molecule has 6 heteroatoms. The largest absolute Gasteiger partial charge is 0.478 e. The van der Waals surface area contributed by atoms with Crippen LogP contribution in [0, 0.1) is 6.92 Å². The fraction of sp³-hybridized carbons (Fsp3) is 0.0714. The minimum Gasteiger partial charge on any atom is -0.478 e. The van der Waals surface area contributed by atoms with Crippen molar-refractivity contribution in [2.75, 3.05) is 5.32 Å². The van der Waals surface area contributed by atoms with Crippen LogP contribution in [-0.2, 0) is 4.79 Å². The molecule has 0 saturated carbocycles. The molecule has 0 saturated heterocycles. The summed E-state index contributed by atoms with van der Waals surface area (Å²) in [4.78, 5) is 27.7. The van der Waals surface area contributed by atoms with Crippen molar-refractivity contribution in [1.29, 1.82) is 0 Å². The molecule has 20 heavy (non-hydrogen) atoms. The number of nitrogens with one attached hydrogen (secondary N) is 1. The van der Waals surface area contributed by atoms with Gasteiger partial charge in [-0.1, -0.05) is 0 Å². The average molecular weight is 288 g/mol. The Morgan fingerprint density at radius 3 is 2.90 bits per heavy atom. The van der Waals surface area contributed by atoms with Gasteiger partial charge in [-0.3, -0.25) is 9.78 Å². The molecule has 0 aliphatic heterocycles. The lowest BCUT2D eigenvalue weighted by Gasteiger charge is -2.01. The molecule has 0 fully saturated rings. The number of aromatic nitrogens is 1. The van der Waals surface area contributed by atoms with Gasteiger partial charge in [0.1, 0.15) is 0 Å². The van der Waals surface area contributed by atoms with E-state index in [2.05, 4.69) is 10.3 Å². The van der Waals surface area contributed by atoms with Gasteiger partial charge >= 0.3 is 5.97 Å². The number of carboxylic acids is 1. The lowest BCUT2D eigenvalue weighted by Crippen LogP contribution is -2.10. The summed E-state index contributed by atoms with van der Waals surface area (Å²) in [6.07, 6.45) is 5.73. The van der Waals surface area contributed by atoms with Crippen LogP contribution >= 0.6 is 11.3 Å². The zero-order chi connectivity index (χ0) is 14.5. The molecule has 0 spiro atoms. The number of carboxylic acid groups (broad SMARTS) is 1. The maximum atomic E-state index is 12.0. The molecule has 0 aromatic carbocycles. The second-order valence-corrected chi connectivity index (χ2v) is 5.11. The van der Waals surface area contributed by atoms with E-state index in [4.69, 9.17) is 5.11 Å². The number of nitrogens with zero attached hydrogens (tertiary/aromatic N) is 1. The van der Waals surface area contributed by atoms with Gasteiger partial charge in [0.05, 0.1) is 16.8 Å². The van der Waals surface area contributed by atoms with Gasteiger partial charge in [-0.25, -0.2) is 4.79 Å². The number of hydrogen-bond donors (Lipinski definition) is 2. The van der Waals surface area contributed by atoms with Crippen LogP contribution in [0.5, 0.6) is 0 Å². The second kappa shape index (κ2) is 6.12. The van der Waals surface area contributed by atoms with Crippen molar-refractivity contribution in [3.05, 3.63) is 52.0 Å². The van der Waals surface area contributed by atoms with Crippen LogP contribution in [0.4, 0.5) is 5.69 Å². The molecule has 1 amide bonds. The SMILES string of the molecule is Cc1cc(C(=O)Nc2cccnc2)sc1/C=C/C(=O)O. The predicted molar refractivity (Wildman–Crippen MR) is 77.9 cm³/mol. The van der Waals surface area contributed by atoms with Crippen molar-refractivity contribution in [2.45, 2.75) is 6.92 Å². The highest BCUT2D eigenvalue weighted by molar-refractivity contribution is 7.15. The van der Waals surface area contributed by atoms with Crippen LogP contribution in [0.2, 0.25) is 0 Å². The molecule has 0 radical (unpaired) electrons. The van der Waals surface area contributed by atoms with Crippen LogP contribution in [0.25, 0.3) is 6.08 Å². The molecule has 0 aliphatic carbocycles. The zero-order valence-electron chi connectivity index (χ0n) is 10.7. The summed E-state index contributed by atoms with van der Waals surface area (Å²) in [5.41, 5.74) is 1.48. The van der Waals surface area contributed by atoms with Gasteiger partial charge in [0.15, 0.2) is 0 Å². The van der Waals surface area contributed by atoms with Crippen molar-refractivity contribution >= 4 is 35.0 Å². The highest BCUT2D eigenvalue weighted by Gasteiger charge is 2.11.